The van der Waals surface area contributed by atoms with Crippen LogP contribution in [0.25, 0.3) is 52.0 Å². The number of allylic oxidation sites excluding steroid dienone is 3. The fourth-order valence-corrected chi connectivity index (χ4v) is 32.6. The Bertz CT molecular complexity index is 4200. The van der Waals surface area contributed by atoms with Gasteiger partial charge >= 0.3 is 123 Å². The van der Waals surface area contributed by atoms with Crippen LogP contribution >= 0.6 is 0 Å². The summed E-state index contributed by atoms with van der Waals surface area (Å²) in [4.78, 5) is 52.2. The molecule has 6 aliphatic rings. The van der Waals surface area contributed by atoms with E-state index in [1.165, 1.54) is 109 Å². The number of aldehydes is 1. The van der Waals surface area contributed by atoms with Crippen LogP contribution in [-0.2, 0) is 35.6 Å². The van der Waals surface area contributed by atoms with Crippen molar-refractivity contribution >= 4 is 46.7 Å². The molecule has 15 nitrogen and oxygen atoms in total. The van der Waals surface area contributed by atoms with Crippen LogP contribution in [0.2, 0.25) is 13.3 Å². The number of imidazole rings is 3. The van der Waals surface area contributed by atoms with E-state index >= 15 is 0 Å². The predicted molar refractivity (Wildman–Crippen MR) is 399 cm³/mol. The molecule has 102 heavy (non-hydrogen) atoms. The van der Waals surface area contributed by atoms with Crippen molar-refractivity contribution in [2.45, 2.75) is 196 Å². The fraction of sp³-hybridized carbons (Fsp3) is 0.446. The van der Waals surface area contributed by atoms with E-state index in [4.69, 9.17) is 9.97 Å². The van der Waals surface area contributed by atoms with Gasteiger partial charge in [0.25, 0.3) is 0 Å². The number of carbonyl (C=O) groups excluding carboxylic acids is 1. The largest absolute Gasteiger partial charge is 0.382 e. The molecule has 0 saturated heterocycles. The van der Waals surface area contributed by atoms with Crippen LogP contribution in [0.5, 0.6) is 0 Å². The van der Waals surface area contributed by atoms with E-state index in [0.29, 0.717) is 11.6 Å². The van der Waals surface area contributed by atoms with Gasteiger partial charge in [0.15, 0.2) is 11.6 Å². The molecule has 6 aromatic heterocycles. The van der Waals surface area contributed by atoms with E-state index in [1.54, 1.807) is 73.3 Å². The van der Waals surface area contributed by atoms with Crippen LogP contribution < -0.4 is 3.84 Å². The van der Waals surface area contributed by atoms with Gasteiger partial charge in [-0.2, -0.15) is 0 Å². The van der Waals surface area contributed by atoms with Crippen molar-refractivity contribution in [1.82, 2.24) is 58.6 Å². The van der Waals surface area contributed by atoms with Crippen LogP contribution in [0.15, 0.2) is 164 Å². The van der Waals surface area contributed by atoms with Crippen LogP contribution in [0.4, 0.5) is 13.2 Å². The maximum absolute atomic E-state index is 13.4. The minimum atomic E-state index is -2.32. The van der Waals surface area contributed by atoms with Crippen molar-refractivity contribution in [1.29, 1.82) is 0 Å². The summed E-state index contributed by atoms with van der Waals surface area (Å²) in [6.45, 7) is 19.5. The summed E-state index contributed by atoms with van der Waals surface area (Å²) in [5.74, 6) is 0.244. The smallest absolute Gasteiger partial charge is 0.159 e. The van der Waals surface area contributed by atoms with Gasteiger partial charge in [-0.25, -0.2) is 48.1 Å². The first-order chi connectivity index (χ1) is 49.2. The van der Waals surface area contributed by atoms with Crippen molar-refractivity contribution < 1.29 is 28.2 Å². The van der Waals surface area contributed by atoms with Gasteiger partial charge in [0, 0.05) is 95.1 Å². The minimum absolute atomic E-state index is 0.0165. The molecule has 0 spiro atoms. The fourth-order valence-electron chi connectivity index (χ4n) is 17.7. The number of hydrogen-bond acceptors (Lipinski definition) is 12. The zero-order valence-corrected chi connectivity index (χ0v) is 63.4. The average Bonchev–Trinajstić information content (AvgIpc) is 1.51. The summed E-state index contributed by atoms with van der Waals surface area (Å²) < 4.78 is 52.0. The van der Waals surface area contributed by atoms with Gasteiger partial charge in [0.2, 0.25) is 0 Å². The maximum atomic E-state index is 13.4. The van der Waals surface area contributed by atoms with Crippen LogP contribution in [0, 0.1) is 51.5 Å². The zero-order valence-electron chi connectivity index (χ0n) is 60.6. The molecule has 3 saturated carbocycles. The third-order valence-corrected chi connectivity index (χ3v) is 38.1. The summed E-state index contributed by atoms with van der Waals surface area (Å²) in [5, 5.41) is 23.1. The number of rotatable bonds is 18. The van der Waals surface area contributed by atoms with Crippen molar-refractivity contribution in [3.05, 3.63) is 210 Å². The zero-order chi connectivity index (χ0) is 71.9. The number of fused-ring (bicyclic) bond motifs is 6. The van der Waals surface area contributed by atoms with Gasteiger partial charge in [-0.3, -0.25) is 0 Å². The van der Waals surface area contributed by atoms with Gasteiger partial charge in [-0.1, -0.05) is 37.5 Å². The number of benzene rings is 3. The van der Waals surface area contributed by atoms with Crippen molar-refractivity contribution in [3.63, 3.8) is 0 Å². The normalized spacial score (nSPS) is 22.8. The van der Waals surface area contributed by atoms with Crippen LogP contribution in [0.3, 0.4) is 0 Å². The van der Waals surface area contributed by atoms with Gasteiger partial charge in [-0.05, 0) is 175 Å². The Balaban J connectivity index is 0.000000131. The second-order valence-corrected chi connectivity index (χ2v) is 43.1. The quantitative estimate of drug-likeness (QED) is 0.0612. The Labute approximate surface area is 603 Å². The topological polar surface area (TPSA) is 188 Å². The van der Waals surface area contributed by atoms with Crippen molar-refractivity contribution in [3.8, 4) is 33.8 Å². The molecule has 0 bridgehead atoms. The molecule has 3 aromatic carbocycles. The Morgan fingerprint density at radius 3 is 1.12 bits per heavy atom. The molecule has 9 aromatic rings. The summed E-state index contributed by atoms with van der Waals surface area (Å²) in [6, 6.07) is 24.9. The van der Waals surface area contributed by atoms with Gasteiger partial charge in [-0.15, -0.1) is 0 Å². The number of aliphatic hydroxyl groups is 2. The molecule has 3 aliphatic carbocycles. The molecule has 534 valence electrons. The van der Waals surface area contributed by atoms with E-state index < -0.39 is 29.6 Å². The van der Waals surface area contributed by atoms with Gasteiger partial charge < -0.3 is 28.7 Å². The number of aromatic nitrogens is 12. The summed E-state index contributed by atoms with van der Waals surface area (Å²) in [6.07, 6.45) is 40.9. The number of unbranched alkanes of at least 4 members (excludes halogenated alkanes) is 3. The predicted octanol–water partition coefficient (Wildman–Crippen LogP) is 17.8. The first-order valence-corrected chi connectivity index (χ1v) is 44.5. The molecule has 2 N–H and O–H groups in total. The second-order valence-electron chi connectivity index (χ2n) is 30.2. The molecule has 8 atom stereocenters. The molecule has 19 heteroatoms. The first-order valence-electron chi connectivity index (χ1n) is 37.0. The molecule has 9 heterocycles. The standard InChI is InChI=1S/2C24H25FN4O.C19H19FN2O.C4H3N2.3C4H9.Sn/c2*1-23-14-29-15-28-21(16-7-9-18(25)10-8-16)19(29)13-17(23)5-3-6-20(23)24(2,30)22-26-11-4-12-27-22;1-19-11-22-12-21-18(13-5-7-16(20)8-6-13)17(22)9-14(19)3-2-4-15(19)10-23;1-2-5-4-6-3-1;3*1-3-4-2;/h2*4,7-13,15,20,30H,3,5-6,14H2,1-2H3;5-10,12,15H,2-4,11H2,1H3;1-3H;3*1,3-4H2,2H3;/t2*20-,23-,24-;15-,19+;;;;;/m001...../s1. The summed E-state index contributed by atoms with van der Waals surface area (Å²) in [7, 11) is 0. The van der Waals surface area contributed by atoms with E-state index in [9.17, 15) is 28.2 Å². The third-order valence-electron chi connectivity index (χ3n) is 23.4. The average molecular weight is 1490 g/mol. The monoisotopic (exact) mass is 1490 g/mol. The summed E-state index contributed by atoms with van der Waals surface area (Å²) >= 11 is -2.32. The van der Waals surface area contributed by atoms with E-state index in [0.717, 1.165) is 135 Å². The molecule has 0 amide bonds. The molecular formula is C83H99F3N12O3Sn. The maximum Gasteiger partial charge on any atom is 0.159 e. The Kier molecular flexibility index (Phi) is 22.7. The molecule has 0 unspecified atom stereocenters. The summed E-state index contributed by atoms with van der Waals surface area (Å²) in [5.41, 5.74) is 9.68. The van der Waals surface area contributed by atoms with Gasteiger partial charge in [0.05, 0.1) is 53.1 Å². The number of carbonyl (C=O) groups is 1. The van der Waals surface area contributed by atoms with E-state index in [2.05, 4.69) is 108 Å². The SMILES string of the molecule is CCC[CH2][Sn]([CH2]CCC)([CH2]CCC)[c]1ncccn1.C[C@]12Cn3cnc(-c4ccc(F)cc4)c3C=C1CCC[C@@H]2C=O.C[C@]12Cn3cnc(-c4ccc(F)cc4)c3C=C1CCC[C@@H]2[C@](C)(O)c1ncccn1.C[C@]12Cn3cnc(-c4ccc(F)cc4)c3C=C1CCC[C@@H]2[C@](C)(O)c1ncccn1. The minimum Gasteiger partial charge on any atom is -0.382 e. The Morgan fingerprint density at radius 1 is 0.471 bits per heavy atom. The van der Waals surface area contributed by atoms with E-state index in [1.807, 2.05) is 51.3 Å². The van der Waals surface area contributed by atoms with Crippen LogP contribution in [-0.4, -0.2) is 93.4 Å². The number of hydrogen-bond donors (Lipinski definition) is 2. The number of nitrogens with zero attached hydrogens (tertiary/aromatic N) is 12. The third kappa shape index (κ3) is 15.0. The van der Waals surface area contributed by atoms with Crippen molar-refractivity contribution in [2.75, 3.05) is 0 Å². The molecular weight excluding hydrogens is 1390 g/mol. The van der Waals surface area contributed by atoms with Crippen LogP contribution in [0.1, 0.15) is 180 Å². The Morgan fingerprint density at radius 2 is 0.784 bits per heavy atom. The number of halogens is 3. The molecule has 3 aliphatic heterocycles. The van der Waals surface area contributed by atoms with E-state index in [-0.39, 0.29) is 51.5 Å². The molecule has 3 fully saturated rings. The van der Waals surface area contributed by atoms with Gasteiger partial charge in [0.1, 0.15) is 34.9 Å². The second kappa shape index (κ2) is 31.5. The first kappa shape index (κ1) is 73.7. The molecule has 0 radical (unpaired) electrons. The van der Waals surface area contributed by atoms with Crippen molar-refractivity contribution in [2.24, 2.45) is 34.0 Å². The molecule has 15 rings (SSSR count). The Hall–Kier alpha value is -8.07.